The van der Waals surface area contributed by atoms with Crippen LogP contribution in [0, 0.1) is 0 Å². The van der Waals surface area contributed by atoms with Crippen LogP contribution in [0.2, 0.25) is 19.6 Å². The highest BCUT2D eigenvalue weighted by atomic mass is 28.3. The lowest BCUT2D eigenvalue weighted by atomic mass is 9.85. The van der Waals surface area contributed by atoms with Gasteiger partial charge in [-0.2, -0.15) is 0 Å². The molecule has 0 bridgehead atoms. The summed E-state index contributed by atoms with van der Waals surface area (Å²) in [4.78, 5) is 5.01. The molecule has 0 N–H and O–H groups in total. The van der Waals surface area contributed by atoms with E-state index in [4.69, 9.17) is 0 Å². The predicted octanol–water partition coefficient (Wildman–Crippen LogP) is 21.6. The Morgan fingerprint density at radius 1 is 0.263 bits per heavy atom. The molecule has 2 nitrogen and oxygen atoms in total. The van der Waals surface area contributed by atoms with E-state index >= 15 is 0 Å². The Morgan fingerprint density at radius 3 is 1.12 bits per heavy atom. The fourth-order valence-corrected chi connectivity index (χ4v) is 13.3. The summed E-state index contributed by atoms with van der Waals surface area (Å²) >= 11 is 0. The van der Waals surface area contributed by atoms with E-state index in [1.54, 1.807) is 0 Å². The Bertz CT molecular complexity index is 4620. The highest BCUT2D eigenvalue weighted by Crippen LogP contribution is 2.53. The number of fused-ring (bicyclic) bond motifs is 6. The Kier molecular flexibility index (Phi) is 12.3. The van der Waals surface area contributed by atoms with Gasteiger partial charge in [-0.25, -0.2) is 0 Å². The molecule has 3 heteroatoms. The average Bonchev–Trinajstić information content (AvgIpc) is 3.68. The minimum atomic E-state index is -1.57. The molecule has 0 fully saturated rings. The molecule has 14 aromatic carbocycles. The second kappa shape index (κ2) is 20.2. The van der Waals surface area contributed by atoms with Crippen LogP contribution in [0.3, 0.4) is 0 Å². The summed E-state index contributed by atoms with van der Waals surface area (Å²) in [7, 11) is -1.57. The van der Waals surface area contributed by atoms with Crippen molar-refractivity contribution in [2.75, 3.05) is 9.80 Å². The molecule has 14 rings (SSSR count). The summed E-state index contributed by atoms with van der Waals surface area (Å²) in [5.74, 6) is 0. The number of nitrogens with zero attached hydrogens (tertiary/aromatic N) is 2. The van der Waals surface area contributed by atoms with Crippen molar-refractivity contribution < 1.29 is 0 Å². The van der Waals surface area contributed by atoms with Gasteiger partial charge in [0.15, 0.2) is 0 Å². The van der Waals surface area contributed by atoms with Crippen molar-refractivity contribution in [1.82, 2.24) is 0 Å². The molecule has 380 valence electrons. The van der Waals surface area contributed by atoms with Gasteiger partial charge in [0.05, 0.1) is 19.4 Å². The lowest BCUT2D eigenvalue weighted by Gasteiger charge is -2.33. The van der Waals surface area contributed by atoms with E-state index in [0.29, 0.717) is 0 Å². The molecule has 0 spiro atoms. The van der Waals surface area contributed by atoms with Gasteiger partial charge in [-0.1, -0.05) is 261 Å². The van der Waals surface area contributed by atoms with Crippen LogP contribution in [0.4, 0.5) is 34.1 Å². The van der Waals surface area contributed by atoms with E-state index in [0.717, 1.165) is 61.2 Å². The topological polar surface area (TPSA) is 6.48 Å². The average molecular weight is 1040 g/mol. The quantitative estimate of drug-likeness (QED) is 0.0551. The predicted molar refractivity (Wildman–Crippen MR) is 350 cm³/mol. The van der Waals surface area contributed by atoms with Gasteiger partial charge in [0, 0.05) is 44.3 Å². The van der Waals surface area contributed by atoms with E-state index < -0.39 is 8.07 Å². The number of para-hydroxylation sites is 1. The maximum absolute atomic E-state index is 2.53. The van der Waals surface area contributed by atoms with Crippen molar-refractivity contribution >= 4 is 124 Å². The highest BCUT2D eigenvalue weighted by Gasteiger charge is 2.27. The third-order valence-corrected chi connectivity index (χ3v) is 18.2. The van der Waals surface area contributed by atoms with Gasteiger partial charge in [-0.3, -0.25) is 0 Å². The fraction of sp³-hybridized carbons (Fsp3) is 0.0390. The van der Waals surface area contributed by atoms with Gasteiger partial charge in [-0.05, 0) is 137 Å². The third-order valence-electron chi connectivity index (χ3n) is 16.1. The van der Waals surface area contributed by atoms with Crippen LogP contribution in [-0.2, 0) is 0 Å². The molecule has 0 unspecified atom stereocenters. The Labute approximate surface area is 469 Å². The molecular weight excluding hydrogens is 981 g/mol. The molecule has 0 aliphatic carbocycles. The van der Waals surface area contributed by atoms with E-state index in [1.807, 2.05) is 0 Å². The van der Waals surface area contributed by atoms with Gasteiger partial charge in [0.1, 0.15) is 0 Å². The maximum atomic E-state index is 2.53. The van der Waals surface area contributed by atoms with Crippen molar-refractivity contribution in [1.29, 1.82) is 0 Å². The first-order valence-electron chi connectivity index (χ1n) is 27.8. The first-order valence-corrected chi connectivity index (χ1v) is 31.3. The van der Waals surface area contributed by atoms with E-state index in [9.17, 15) is 0 Å². The zero-order valence-electron chi connectivity index (χ0n) is 45.2. The van der Waals surface area contributed by atoms with Crippen LogP contribution in [0.15, 0.2) is 285 Å². The molecular formula is C77H58N2Si. The summed E-state index contributed by atoms with van der Waals surface area (Å²) in [6.07, 6.45) is 4.40. The molecule has 0 radical (unpaired) electrons. The van der Waals surface area contributed by atoms with Crippen LogP contribution < -0.4 is 15.0 Å². The minimum absolute atomic E-state index is 1.06. The maximum Gasteiger partial charge on any atom is 0.0775 e. The van der Waals surface area contributed by atoms with E-state index in [2.05, 4.69) is 327 Å². The van der Waals surface area contributed by atoms with Crippen LogP contribution in [0.1, 0.15) is 11.1 Å². The summed E-state index contributed by atoms with van der Waals surface area (Å²) < 4.78 is 0. The van der Waals surface area contributed by atoms with Crippen molar-refractivity contribution in [3.05, 3.63) is 296 Å². The van der Waals surface area contributed by atoms with Crippen LogP contribution in [-0.4, -0.2) is 8.07 Å². The number of hydrogen-bond acceptors (Lipinski definition) is 2. The van der Waals surface area contributed by atoms with Gasteiger partial charge in [-0.15, -0.1) is 0 Å². The van der Waals surface area contributed by atoms with Crippen molar-refractivity contribution in [2.24, 2.45) is 0 Å². The normalized spacial score (nSPS) is 11.9. The highest BCUT2D eigenvalue weighted by molar-refractivity contribution is 6.88. The number of benzene rings is 14. The lowest BCUT2D eigenvalue weighted by Crippen LogP contribution is -2.37. The Morgan fingerprint density at radius 2 is 0.625 bits per heavy atom. The molecule has 0 amide bonds. The van der Waals surface area contributed by atoms with E-state index in [-0.39, 0.29) is 0 Å². The molecule has 0 heterocycles. The van der Waals surface area contributed by atoms with Gasteiger partial charge < -0.3 is 9.80 Å². The second-order valence-corrected chi connectivity index (χ2v) is 27.2. The first kappa shape index (κ1) is 48.6. The van der Waals surface area contributed by atoms with Gasteiger partial charge in [0.25, 0.3) is 0 Å². The Balaban J connectivity index is 1.07. The SMILES string of the molecule is C[Si](C)(C)c1ccc(N(c2ccccc2)c2c3ccccc3c(N(c3ccc(/C=C/c4ccccc4)cc3)c3ccc4c(-c5ccc6ccccc6c5)c5ccccc5c(-c5ccc6ccccc6c5)c4c3)c3ccccc23)cc1. The molecule has 0 saturated carbocycles. The van der Waals surface area contributed by atoms with Gasteiger partial charge >= 0.3 is 0 Å². The van der Waals surface area contributed by atoms with E-state index in [1.165, 1.54) is 76.1 Å². The van der Waals surface area contributed by atoms with Crippen molar-refractivity contribution in [3.63, 3.8) is 0 Å². The number of hydrogen-bond donors (Lipinski definition) is 0. The third kappa shape index (κ3) is 8.79. The molecule has 0 aliphatic rings. The monoisotopic (exact) mass is 1040 g/mol. The lowest BCUT2D eigenvalue weighted by molar-refractivity contribution is 1.30. The largest absolute Gasteiger partial charge is 0.309 e. The zero-order chi connectivity index (χ0) is 53.7. The summed E-state index contributed by atoms with van der Waals surface area (Å²) in [6, 6.07) is 106. The summed E-state index contributed by atoms with van der Waals surface area (Å²) in [6.45, 7) is 7.26. The minimum Gasteiger partial charge on any atom is -0.309 e. The van der Waals surface area contributed by atoms with Crippen molar-refractivity contribution in [3.8, 4) is 22.3 Å². The van der Waals surface area contributed by atoms with Crippen LogP contribution in [0.25, 0.3) is 99.0 Å². The molecule has 0 aliphatic heterocycles. The molecule has 0 atom stereocenters. The molecule has 80 heavy (non-hydrogen) atoms. The summed E-state index contributed by atoms with van der Waals surface area (Å²) in [5.41, 5.74) is 13.8. The molecule has 0 aromatic heterocycles. The first-order chi connectivity index (χ1) is 39.3. The molecule has 0 saturated heterocycles. The standard InChI is InChI=1S/C77H58N2Si/c1-80(2,3)65-47-44-63(45-48-65)78(61-26-8-5-9-27-61)76-69-30-16-18-32-71(69)77(72-33-19-17-31-70(72)76)79(62-42-36-54(37-43-62)35-34-53-20-6-4-7-21-53)64-46-49-68-73(52-64)75(60-41-39-56-23-11-13-25-58(56)51-60)67-29-15-14-28-66(67)74(68)59-40-38-55-22-10-12-24-57(55)50-59/h4-52H,1-3H3/b35-34+. The zero-order valence-corrected chi connectivity index (χ0v) is 46.2. The molecule has 14 aromatic rings. The van der Waals surface area contributed by atoms with Crippen molar-refractivity contribution in [2.45, 2.75) is 19.6 Å². The Hall–Kier alpha value is -9.80. The number of anilines is 6. The number of rotatable bonds is 11. The van der Waals surface area contributed by atoms with Gasteiger partial charge in [0.2, 0.25) is 0 Å². The smallest absolute Gasteiger partial charge is 0.0775 e. The van der Waals surface area contributed by atoms with Crippen LogP contribution in [0.5, 0.6) is 0 Å². The summed E-state index contributed by atoms with van der Waals surface area (Å²) in [5, 5.41) is 15.8. The fourth-order valence-electron chi connectivity index (χ4n) is 12.2. The second-order valence-electron chi connectivity index (χ2n) is 22.1. The van der Waals surface area contributed by atoms with Crippen LogP contribution >= 0.6 is 0 Å².